The Kier molecular flexibility index (Phi) is 3.73. The molecular weight excluding hydrogens is 150 g/mol. The van der Waals surface area contributed by atoms with Crippen molar-refractivity contribution in [3.05, 3.63) is 0 Å². The third-order valence-electron chi connectivity index (χ3n) is 2.73. The molecule has 2 nitrogen and oxygen atoms in total. The second kappa shape index (κ2) is 4.61. The van der Waals surface area contributed by atoms with Gasteiger partial charge < -0.3 is 4.79 Å². The minimum atomic E-state index is 0.206. The Balaban J connectivity index is 2.34. The van der Waals surface area contributed by atoms with Gasteiger partial charge in [-0.3, -0.25) is 4.90 Å². The fourth-order valence-corrected chi connectivity index (χ4v) is 2.01. The zero-order valence-corrected chi connectivity index (χ0v) is 8.12. The monoisotopic (exact) mass is 169 g/mol. The van der Waals surface area contributed by atoms with E-state index in [2.05, 4.69) is 11.8 Å². The van der Waals surface area contributed by atoms with Crippen molar-refractivity contribution in [3.63, 3.8) is 0 Å². The van der Waals surface area contributed by atoms with Crippen molar-refractivity contribution in [2.75, 3.05) is 13.1 Å². The molecule has 0 aromatic carbocycles. The van der Waals surface area contributed by atoms with Crippen LogP contribution >= 0.6 is 0 Å². The lowest BCUT2D eigenvalue weighted by atomic mass is 10.1. The van der Waals surface area contributed by atoms with E-state index in [1.165, 1.54) is 25.8 Å². The van der Waals surface area contributed by atoms with Crippen LogP contribution in [0.3, 0.4) is 0 Å². The van der Waals surface area contributed by atoms with Crippen LogP contribution in [-0.4, -0.2) is 30.3 Å². The number of aldehydes is 1. The van der Waals surface area contributed by atoms with E-state index >= 15 is 0 Å². The predicted octanol–water partition coefficient (Wildman–Crippen LogP) is 1.70. The van der Waals surface area contributed by atoms with Gasteiger partial charge in [0, 0.05) is 18.5 Å². The standard InChI is InChI=1S/C10H19NO/c1-3-10-5-4-6-11(10)7-9(2)8-12/h8-10H,3-7H2,1-2H3. The van der Waals surface area contributed by atoms with Gasteiger partial charge in [0.2, 0.25) is 0 Å². The molecule has 0 spiro atoms. The van der Waals surface area contributed by atoms with Crippen LogP contribution in [0.2, 0.25) is 0 Å². The fraction of sp³-hybridized carbons (Fsp3) is 0.900. The Morgan fingerprint density at radius 3 is 3.00 bits per heavy atom. The molecule has 0 bridgehead atoms. The van der Waals surface area contributed by atoms with Crippen molar-refractivity contribution >= 4 is 6.29 Å². The molecule has 2 unspecified atom stereocenters. The summed E-state index contributed by atoms with van der Waals surface area (Å²) in [5.74, 6) is 0.206. The van der Waals surface area contributed by atoms with Gasteiger partial charge in [-0.2, -0.15) is 0 Å². The summed E-state index contributed by atoms with van der Waals surface area (Å²) in [6.07, 6.45) is 4.92. The molecule has 1 aliphatic heterocycles. The maximum Gasteiger partial charge on any atom is 0.124 e. The van der Waals surface area contributed by atoms with Crippen LogP contribution in [0.15, 0.2) is 0 Å². The summed E-state index contributed by atoms with van der Waals surface area (Å²) in [7, 11) is 0. The maximum atomic E-state index is 10.5. The smallest absolute Gasteiger partial charge is 0.124 e. The number of rotatable bonds is 4. The van der Waals surface area contributed by atoms with E-state index in [1.54, 1.807) is 0 Å². The Hall–Kier alpha value is -0.370. The van der Waals surface area contributed by atoms with Crippen LogP contribution in [0, 0.1) is 5.92 Å². The van der Waals surface area contributed by atoms with Crippen molar-refractivity contribution in [2.45, 2.75) is 39.2 Å². The minimum Gasteiger partial charge on any atom is -0.303 e. The lowest BCUT2D eigenvalue weighted by molar-refractivity contribution is -0.111. The van der Waals surface area contributed by atoms with E-state index in [4.69, 9.17) is 0 Å². The van der Waals surface area contributed by atoms with Crippen LogP contribution in [0.1, 0.15) is 33.1 Å². The van der Waals surface area contributed by atoms with E-state index < -0.39 is 0 Å². The molecule has 0 aromatic heterocycles. The van der Waals surface area contributed by atoms with Gasteiger partial charge in [0.1, 0.15) is 6.29 Å². The molecule has 70 valence electrons. The van der Waals surface area contributed by atoms with Crippen molar-refractivity contribution in [1.82, 2.24) is 4.90 Å². The zero-order valence-electron chi connectivity index (χ0n) is 8.12. The Labute approximate surface area is 74.9 Å². The summed E-state index contributed by atoms with van der Waals surface area (Å²) in [5.41, 5.74) is 0. The Bertz CT molecular complexity index is 147. The van der Waals surface area contributed by atoms with Gasteiger partial charge in [0.25, 0.3) is 0 Å². The molecule has 1 rings (SSSR count). The Morgan fingerprint density at radius 1 is 1.67 bits per heavy atom. The first-order valence-corrected chi connectivity index (χ1v) is 4.97. The number of nitrogens with zero attached hydrogens (tertiary/aromatic N) is 1. The first kappa shape index (κ1) is 9.72. The highest BCUT2D eigenvalue weighted by Crippen LogP contribution is 2.20. The molecule has 2 heteroatoms. The van der Waals surface area contributed by atoms with Gasteiger partial charge in [-0.25, -0.2) is 0 Å². The van der Waals surface area contributed by atoms with Crippen LogP contribution < -0.4 is 0 Å². The first-order chi connectivity index (χ1) is 5.77. The summed E-state index contributed by atoms with van der Waals surface area (Å²) in [4.78, 5) is 12.9. The molecular formula is C10H19NO. The molecule has 0 amide bonds. The van der Waals surface area contributed by atoms with Crippen LogP contribution in [0.4, 0.5) is 0 Å². The molecule has 0 aromatic rings. The van der Waals surface area contributed by atoms with E-state index in [-0.39, 0.29) is 5.92 Å². The average Bonchev–Trinajstić information content (AvgIpc) is 2.51. The van der Waals surface area contributed by atoms with E-state index in [0.717, 1.165) is 18.9 Å². The average molecular weight is 169 g/mol. The lowest BCUT2D eigenvalue weighted by Gasteiger charge is -2.24. The van der Waals surface area contributed by atoms with Crippen LogP contribution in [-0.2, 0) is 4.79 Å². The highest BCUT2D eigenvalue weighted by Gasteiger charge is 2.23. The van der Waals surface area contributed by atoms with Gasteiger partial charge >= 0.3 is 0 Å². The van der Waals surface area contributed by atoms with Gasteiger partial charge in [-0.1, -0.05) is 13.8 Å². The summed E-state index contributed by atoms with van der Waals surface area (Å²) in [6, 6.07) is 0.743. The summed E-state index contributed by atoms with van der Waals surface area (Å²) in [6.45, 7) is 6.38. The van der Waals surface area contributed by atoms with Crippen LogP contribution in [0.5, 0.6) is 0 Å². The summed E-state index contributed by atoms with van der Waals surface area (Å²) in [5, 5.41) is 0. The molecule has 1 heterocycles. The Morgan fingerprint density at radius 2 is 2.42 bits per heavy atom. The topological polar surface area (TPSA) is 20.3 Å². The SMILES string of the molecule is CCC1CCCN1CC(C)C=O. The van der Waals surface area contributed by atoms with Gasteiger partial charge in [0.05, 0.1) is 0 Å². The molecule has 0 saturated carbocycles. The predicted molar refractivity (Wildman–Crippen MR) is 50.1 cm³/mol. The minimum absolute atomic E-state index is 0.206. The largest absolute Gasteiger partial charge is 0.303 e. The second-order valence-electron chi connectivity index (χ2n) is 3.81. The normalized spacial score (nSPS) is 27.3. The number of carbonyl (C=O) groups is 1. The maximum absolute atomic E-state index is 10.5. The van der Waals surface area contributed by atoms with Gasteiger partial charge in [0.15, 0.2) is 0 Å². The molecule has 2 atom stereocenters. The molecule has 12 heavy (non-hydrogen) atoms. The number of hydrogen-bond acceptors (Lipinski definition) is 2. The zero-order chi connectivity index (χ0) is 8.97. The number of hydrogen-bond donors (Lipinski definition) is 0. The fourth-order valence-electron chi connectivity index (χ4n) is 2.01. The highest BCUT2D eigenvalue weighted by molar-refractivity contribution is 5.53. The third-order valence-corrected chi connectivity index (χ3v) is 2.73. The molecule has 1 aliphatic rings. The number of likely N-dealkylation sites (tertiary alicyclic amines) is 1. The first-order valence-electron chi connectivity index (χ1n) is 4.97. The van der Waals surface area contributed by atoms with Crippen molar-refractivity contribution in [1.29, 1.82) is 0 Å². The summed E-state index contributed by atoms with van der Waals surface area (Å²) < 4.78 is 0. The van der Waals surface area contributed by atoms with Gasteiger partial charge in [-0.05, 0) is 25.8 Å². The second-order valence-corrected chi connectivity index (χ2v) is 3.81. The van der Waals surface area contributed by atoms with Crippen LogP contribution in [0.25, 0.3) is 0 Å². The quantitative estimate of drug-likeness (QED) is 0.597. The molecule has 1 saturated heterocycles. The molecule has 1 fully saturated rings. The van der Waals surface area contributed by atoms with Crippen molar-refractivity contribution in [2.24, 2.45) is 5.92 Å². The summed E-state index contributed by atoms with van der Waals surface area (Å²) >= 11 is 0. The lowest BCUT2D eigenvalue weighted by Crippen LogP contribution is -2.33. The van der Waals surface area contributed by atoms with E-state index in [0.29, 0.717) is 0 Å². The highest BCUT2D eigenvalue weighted by atomic mass is 16.1. The van der Waals surface area contributed by atoms with E-state index in [1.807, 2.05) is 6.92 Å². The molecule has 0 aliphatic carbocycles. The molecule has 0 radical (unpaired) electrons. The molecule has 0 N–H and O–H groups in total. The van der Waals surface area contributed by atoms with Crippen molar-refractivity contribution in [3.8, 4) is 0 Å². The number of carbonyl (C=O) groups excluding carboxylic acids is 1. The van der Waals surface area contributed by atoms with Gasteiger partial charge in [-0.15, -0.1) is 0 Å². The third kappa shape index (κ3) is 2.31. The van der Waals surface area contributed by atoms with E-state index in [9.17, 15) is 4.79 Å². The van der Waals surface area contributed by atoms with Crippen molar-refractivity contribution < 1.29 is 4.79 Å².